The molecule has 0 aliphatic heterocycles. The number of aryl methyl sites for hydroxylation is 2. The van der Waals surface area contributed by atoms with Crippen LogP contribution in [0.2, 0.25) is 0 Å². The van der Waals surface area contributed by atoms with Gasteiger partial charge >= 0.3 is 0 Å². The van der Waals surface area contributed by atoms with Gasteiger partial charge < -0.3 is 9.73 Å². The number of aromatic nitrogens is 3. The molecule has 80 valence electrons. The summed E-state index contributed by atoms with van der Waals surface area (Å²) in [6.45, 7) is 2.59. The van der Waals surface area contributed by atoms with Gasteiger partial charge in [-0.15, -0.1) is 0 Å². The van der Waals surface area contributed by atoms with Gasteiger partial charge in [-0.25, -0.2) is 4.98 Å². The Morgan fingerprint density at radius 1 is 1.53 bits per heavy atom. The van der Waals surface area contributed by atoms with Crippen molar-refractivity contribution in [2.24, 2.45) is 7.05 Å². The summed E-state index contributed by atoms with van der Waals surface area (Å²) in [7, 11) is 3.75. The molecule has 2 aromatic heterocycles. The highest BCUT2D eigenvalue weighted by atomic mass is 16.4. The summed E-state index contributed by atoms with van der Waals surface area (Å²) < 4.78 is 7.36. The fourth-order valence-corrected chi connectivity index (χ4v) is 1.50. The predicted octanol–water partition coefficient (Wildman–Crippen LogP) is 1.10. The molecule has 0 saturated carbocycles. The van der Waals surface area contributed by atoms with Crippen LogP contribution < -0.4 is 5.32 Å². The molecule has 0 amide bonds. The van der Waals surface area contributed by atoms with E-state index in [-0.39, 0.29) is 0 Å². The zero-order chi connectivity index (χ0) is 10.8. The maximum Gasteiger partial charge on any atom is 0.208 e. The smallest absolute Gasteiger partial charge is 0.208 e. The van der Waals surface area contributed by atoms with Crippen LogP contribution in [0.15, 0.2) is 16.7 Å². The summed E-state index contributed by atoms with van der Waals surface area (Å²) in [4.78, 5) is 4.16. The molecule has 0 fully saturated rings. The number of rotatable bonds is 3. The highest BCUT2D eigenvalue weighted by Gasteiger charge is 2.10. The summed E-state index contributed by atoms with van der Waals surface area (Å²) in [5.41, 5.74) is 1.92. The van der Waals surface area contributed by atoms with Crippen LogP contribution >= 0.6 is 0 Å². The van der Waals surface area contributed by atoms with E-state index in [0.717, 1.165) is 17.1 Å². The van der Waals surface area contributed by atoms with Gasteiger partial charge in [0.05, 0.1) is 18.4 Å². The minimum atomic E-state index is 0.636. The Hall–Kier alpha value is -1.62. The third kappa shape index (κ3) is 1.92. The fourth-order valence-electron chi connectivity index (χ4n) is 1.50. The van der Waals surface area contributed by atoms with Gasteiger partial charge in [0.15, 0.2) is 5.76 Å². The average Bonchev–Trinajstić information content (AvgIpc) is 2.73. The second-order valence-corrected chi connectivity index (χ2v) is 3.44. The van der Waals surface area contributed by atoms with Crippen LogP contribution in [0, 0.1) is 6.92 Å². The van der Waals surface area contributed by atoms with Crippen LogP contribution in [0.5, 0.6) is 0 Å². The first kappa shape index (κ1) is 9.92. The first-order valence-corrected chi connectivity index (χ1v) is 4.81. The van der Waals surface area contributed by atoms with Crippen LogP contribution in [0.4, 0.5) is 0 Å². The van der Waals surface area contributed by atoms with Crippen molar-refractivity contribution in [2.75, 3.05) is 7.05 Å². The van der Waals surface area contributed by atoms with Crippen LogP contribution in [-0.2, 0) is 13.6 Å². The summed E-state index contributed by atoms with van der Waals surface area (Å²) in [6, 6.07) is 1.98. The topological polar surface area (TPSA) is 55.9 Å². The molecular formula is C10H14N4O. The molecule has 0 aromatic carbocycles. The zero-order valence-corrected chi connectivity index (χ0v) is 9.11. The van der Waals surface area contributed by atoms with E-state index < -0.39 is 0 Å². The Balaban J connectivity index is 2.32. The minimum Gasteiger partial charge on any atom is -0.438 e. The van der Waals surface area contributed by atoms with E-state index in [1.165, 1.54) is 0 Å². The number of nitrogens with one attached hydrogen (secondary N) is 1. The monoisotopic (exact) mass is 206 g/mol. The average molecular weight is 206 g/mol. The van der Waals surface area contributed by atoms with Gasteiger partial charge in [-0.05, 0) is 20.0 Å². The lowest BCUT2D eigenvalue weighted by atomic mass is 10.3. The molecule has 1 N–H and O–H groups in total. The van der Waals surface area contributed by atoms with E-state index in [1.54, 1.807) is 10.9 Å². The van der Waals surface area contributed by atoms with Crippen LogP contribution in [0.1, 0.15) is 11.6 Å². The molecule has 15 heavy (non-hydrogen) atoms. The third-order valence-corrected chi connectivity index (χ3v) is 2.14. The van der Waals surface area contributed by atoms with Crippen molar-refractivity contribution in [3.63, 3.8) is 0 Å². The van der Waals surface area contributed by atoms with Crippen molar-refractivity contribution in [3.05, 3.63) is 23.8 Å². The lowest BCUT2D eigenvalue weighted by Gasteiger charge is -1.95. The van der Waals surface area contributed by atoms with E-state index >= 15 is 0 Å². The Labute approximate surface area is 88.1 Å². The molecule has 0 unspecified atom stereocenters. The van der Waals surface area contributed by atoms with Crippen molar-refractivity contribution >= 4 is 0 Å². The largest absolute Gasteiger partial charge is 0.438 e. The van der Waals surface area contributed by atoms with Crippen molar-refractivity contribution in [1.29, 1.82) is 0 Å². The molecule has 0 spiro atoms. The normalized spacial score (nSPS) is 10.9. The molecule has 5 heteroatoms. The minimum absolute atomic E-state index is 0.636. The van der Waals surface area contributed by atoms with Gasteiger partial charge in [-0.3, -0.25) is 4.68 Å². The summed E-state index contributed by atoms with van der Waals surface area (Å²) in [5, 5.41) is 7.25. The molecular weight excluding hydrogens is 192 g/mol. The lowest BCUT2D eigenvalue weighted by molar-refractivity contribution is 0.487. The molecule has 5 nitrogen and oxygen atoms in total. The second-order valence-electron chi connectivity index (χ2n) is 3.44. The molecule has 2 heterocycles. The standard InChI is InChI=1S/C10H14N4O/c1-7-4-8(14(3)13-7)9-5-12-10(15-9)6-11-2/h4-5,11H,6H2,1-3H3. The van der Waals surface area contributed by atoms with E-state index in [4.69, 9.17) is 4.42 Å². The summed E-state index contributed by atoms with van der Waals surface area (Å²) in [6.07, 6.45) is 1.73. The Morgan fingerprint density at radius 3 is 2.93 bits per heavy atom. The van der Waals surface area contributed by atoms with Gasteiger partial charge in [0, 0.05) is 7.05 Å². The Morgan fingerprint density at radius 2 is 2.33 bits per heavy atom. The molecule has 0 saturated heterocycles. The van der Waals surface area contributed by atoms with Crippen LogP contribution in [0.25, 0.3) is 11.5 Å². The highest BCUT2D eigenvalue weighted by Crippen LogP contribution is 2.20. The van der Waals surface area contributed by atoms with E-state index in [2.05, 4.69) is 15.4 Å². The van der Waals surface area contributed by atoms with Crippen molar-refractivity contribution in [2.45, 2.75) is 13.5 Å². The quantitative estimate of drug-likeness (QED) is 0.817. The number of hydrogen-bond donors (Lipinski definition) is 1. The van der Waals surface area contributed by atoms with E-state index in [9.17, 15) is 0 Å². The van der Waals surface area contributed by atoms with E-state index in [1.807, 2.05) is 27.1 Å². The third-order valence-electron chi connectivity index (χ3n) is 2.14. The van der Waals surface area contributed by atoms with Gasteiger partial charge in [0.1, 0.15) is 5.69 Å². The Bertz CT molecular complexity index is 458. The number of oxazole rings is 1. The zero-order valence-electron chi connectivity index (χ0n) is 9.11. The van der Waals surface area contributed by atoms with Gasteiger partial charge in [-0.2, -0.15) is 5.10 Å². The number of nitrogens with zero attached hydrogens (tertiary/aromatic N) is 3. The summed E-state index contributed by atoms with van der Waals surface area (Å²) >= 11 is 0. The first-order valence-electron chi connectivity index (χ1n) is 4.81. The van der Waals surface area contributed by atoms with Crippen LogP contribution in [-0.4, -0.2) is 21.8 Å². The highest BCUT2D eigenvalue weighted by molar-refractivity contribution is 5.51. The lowest BCUT2D eigenvalue weighted by Crippen LogP contribution is -2.04. The second kappa shape index (κ2) is 3.86. The molecule has 2 aromatic rings. The maximum atomic E-state index is 5.57. The molecule has 2 rings (SSSR count). The molecule has 0 radical (unpaired) electrons. The molecule has 0 bridgehead atoms. The molecule has 0 atom stereocenters. The SMILES string of the molecule is CNCc1ncc(-c2cc(C)nn2C)o1. The van der Waals surface area contributed by atoms with Gasteiger partial charge in [-0.1, -0.05) is 0 Å². The Kier molecular flexibility index (Phi) is 2.55. The number of hydrogen-bond acceptors (Lipinski definition) is 4. The van der Waals surface area contributed by atoms with Crippen LogP contribution in [0.3, 0.4) is 0 Å². The summed E-state index contributed by atoms with van der Waals surface area (Å²) in [5.74, 6) is 1.44. The molecule has 0 aliphatic carbocycles. The van der Waals surface area contributed by atoms with Crippen molar-refractivity contribution in [3.8, 4) is 11.5 Å². The first-order chi connectivity index (χ1) is 7.20. The van der Waals surface area contributed by atoms with Crippen molar-refractivity contribution < 1.29 is 4.42 Å². The molecule has 0 aliphatic rings. The van der Waals surface area contributed by atoms with E-state index in [0.29, 0.717) is 12.4 Å². The van der Waals surface area contributed by atoms with Gasteiger partial charge in [0.25, 0.3) is 0 Å². The van der Waals surface area contributed by atoms with Crippen molar-refractivity contribution in [1.82, 2.24) is 20.1 Å². The fraction of sp³-hybridized carbons (Fsp3) is 0.400. The maximum absolute atomic E-state index is 5.57. The predicted molar refractivity (Wildman–Crippen MR) is 56.2 cm³/mol. The van der Waals surface area contributed by atoms with Gasteiger partial charge in [0.2, 0.25) is 5.89 Å².